The molecule has 1 saturated carbocycles. The molecule has 5 rings (SSSR count). The Morgan fingerprint density at radius 3 is 2.72 bits per heavy atom. The van der Waals surface area contributed by atoms with Gasteiger partial charge in [-0.15, -0.1) is 12.4 Å². The van der Waals surface area contributed by atoms with E-state index in [0.717, 1.165) is 56.3 Å². The average molecular weight is 422 g/mol. The highest BCUT2D eigenvalue weighted by molar-refractivity contribution is 5.89. The number of halogens is 2. The van der Waals surface area contributed by atoms with Crippen molar-refractivity contribution >= 4 is 29.6 Å². The summed E-state index contributed by atoms with van der Waals surface area (Å²) in [6.45, 7) is 3.66. The number of aromatic nitrogens is 1. The maximum atomic E-state index is 15.3. The predicted molar refractivity (Wildman–Crippen MR) is 111 cm³/mol. The van der Waals surface area contributed by atoms with Crippen LogP contribution in [0.2, 0.25) is 0 Å². The SMILES string of the molecule is Cc1c(N2CCC3NCCCC32)c(F)cn2c(=O)c(C(=O)O)cc(C3CC3)c12.Cl. The molecule has 2 aromatic heterocycles. The second kappa shape index (κ2) is 7.29. The number of rotatable bonds is 3. The Morgan fingerprint density at radius 1 is 1.28 bits per heavy atom. The van der Waals surface area contributed by atoms with Gasteiger partial charge in [-0.2, -0.15) is 0 Å². The lowest BCUT2D eigenvalue weighted by atomic mass is 9.98. The summed E-state index contributed by atoms with van der Waals surface area (Å²) in [4.78, 5) is 26.4. The fraction of sp³-hybridized carbons (Fsp3) is 0.524. The van der Waals surface area contributed by atoms with Crippen molar-refractivity contribution in [2.45, 2.75) is 57.0 Å². The first-order chi connectivity index (χ1) is 13.5. The largest absolute Gasteiger partial charge is 0.477 e. The van der Waals surface area contributed by atoms with E-state index < -0.39 is 17.3 Å². The van der Waals surface area contributed by atoms with Crippen LogP contribution in [0, 0.1) is 12.7 Å². The first-order valence-corrected chi connectivity index (χ1v) is 10.1. The van der Waals surface area contributed by atoms with Crippen molar-refractivity contribution in [2.24, 2.45) is 0 Å². The Morgan fingerprint density at radius 2 is 2.03 bits per heavy atom. The summed E-state index contributed by atoms with van der Waals surface area (Å²) in [5, 5.41) is 13.0. The van der Waals surface area contributed by atoms with Crippen LogP contribution in [0.4, 0.5) is 10.1 Å². The van der Waals surface area contributed by atoms with Gasteiger partial charge in [0.1, 0.15) is 5.56 Å². The van der Waals surface area contributed by atoms with Crippen molar-refractivity contribution in [1.82, 2.24) is 9.72 Å². The number of hydrogen-bond acceptors (Lipinski definition) is 4. The number of carbonyl (C=O) groups is 1. The van der Waals surface area contributed by atoms with Crippen LogP contribution in [0.15, 0.2) is 17.1 Å². The molecule has 3 aliphatic rings. The molecule has 2 unspecified atom stereocenters. The third kappa shape index (κ3) is 3.11. The molecule has 2 aliphatic heterocycles. The highest BCUT2D eigenvalue weighted by Gasteiger charge is 2.38. The Kier molecular flexibility index (Phi) is 5.07. The number of carboxylic acids is 1. The number of pyridine rings is 2. The lowest BCUT2D eigenvalue weighted by molar-refractivity contribution is 0.0694. The smallest absolute Gasteiger partial charge is 0.341 e. The van der Waals surface area contributed by atoms with Gasteiger partial charge in [0.05, 0.1) is 17.4 Å². The number of hydrogen-bond donors (Lipinski definition) is 2. The minimum atomic E-state index is -1.26. The maximum absolute atomic E-state index is 15.3. The van der Waals surface area contributed by atoms with Crippen molar-refractivity contribution in [3.05, 3.63) is 45.1 Å². The molecule has 29 heavy (non-hydrogen) atoms. The minimum absolute atomic E-state index is 0. The molecule has 2 saturated heterocycles. The molecule has 0 spiro atoms. The van der Waals surface area contributed by atoms with Crippen LogP contribution in [0.5, 0.6) is 0 Å². The van der Waals surface area contributed by atoms with Crippen molar-refractivity contribution < 1.29 is 14.3 Å². The van der Waals surface area contributed by atoms with E-state index in [0.29, 0.717) is 17.2 Å². The van der Waals surface area contributed by atoms with E-state index in [1.54, 1.807) is 0 Å². The monoisotopic (exact) mass is 421 g/mol. The summed E-state index contributed by atoms with van der Waals surface area (Å²) in [6.07, 6.45) is 6.22. The Hall–Kier alpha value is -2.12. The van der Waals surface area contributed by atoms with Crippen LogP contribution < -0.4 is 15.8 Å². The van der Waals surface area contributed by atoms with E-state index >= 15 is 4.39 Å². The number of nitrogens with one attached hydrogen (secondary N) is 1. The van der Waals surface area contributed by atoms with Gasteiger partial charge >= 0.3 is 5.97 Å². The zero-order valence-corrected chi connectivity index (χ0v) is 17.1. The van der Waals surface area contributed by atoms with Gasteiger partial charge in [0.15, 0.2) is 5.82 Å². The Balaban J connectivity index is 0.00000205. The van der Waals surface area contributed by atoms with Crippen LogP contribution in [0.3, 0.4) is 0 Å². The normalized spacial score (nSPS) is 23.7. The molecule has 2 N–H and O–H groups in total. The molecule has 0 bridgehead atoms. The van der Waals surface area contributed by atoms with E-state index in [-0.39, 0.29) is 29.9 Å². The van der Waals surface area contributed by atoms with Gasteiger partial charge < -0.3 is 15.3 Å². The zero-order valence-electron chi connectivity index (χ0n) is 16.3. The molecule has 8 heteroatoms. The van der Waals surface area contributed by atoms with Gasteiger partial charge in [0, 0.05) is 18.6 Å². The Labute approximate surface area is 174 Å². The van der Waals surface area contributed by atoms with Crippen molar-refractivity contribution in [3.8, 4) is 0 Å². The van der Waals surface area contributed by atoms with E-state index in [4.69, 9.17) is 0 Å². The lowest BCUT2D eigenvalue weighted by Gasteiger charge is -2.35. The number of nitrogens with zero attached hydrogens (tertiary/aromatic N) is 2. The number of aryl methyl sites for hydroxylation is 1. The van der Waals surface area contributed by atoms with E-state index in [9.17, 15) is 14.7 Å². The molecule has 4 heterocycles. The fourth-order valence-corrected chi connectivity index (χ4v) is 5.18. The molecule has 6 nitrogen and oxygen atoms in total. The quantitative estimate of drug-likeness (QED) is 0.796. The summed E-state index contributed by atoms with van der Waals surface area (Å²) in [5.74, 6) is -1.48. The topological polar surface area (TPSA) is 74.0 Å². The fourth-order valence-electron chi connectivity index (χ4n) is 5.18. The summed E-state index contributed by atoms with van der Waals surface area (Å²) in [5.41, 5.74) is 1.89. The highest BCUT2D eigenvalue weighted by atomic mass is 35.5. The predicted octanol–water partition coefficient (Wildman–Crippen LogP) is 3.08. The molecule has 156 valence electrons. The zero-order chi connectivity index (χ0) is 19.6. The highest BCUT2D eigenvalue weighted by Crippen LogP contribution is 2.44. The standard InChI is InChI=1S/C21H24FN3O3.ClH/c1-11-18-13(12-4-5-12)9-14(21(27)28)20(26)25(18)10-15(22)19(11)24-8-6-16-17(24)3-2-7-23-16;/h9-10,12,16-17,23H,2-8H2,1H3,(H,27,28);1H. The van der Waals surface area contributed by atoms with Crippen LogP contribution in [-0.4, -0.2) is 40.6 Å². The molecule has 1 aliphatic carbocycles. The summed E-state index contributed by atoms with van der Waals surface area (Å²) in [7, 11) is 0. The molecule has 2 atom stereocenters. The van der Waals surface area contributed by atoms with Gasteiger partial charge in [-0.25, -0.2) is 9.18 Å². The number of carboxylic acid groups (broad SMARTS) is 1. The van der Waals surface area contributed by atoms with E-state index in [1.165, 1.54) is 16.7 Å². The van der Waals surface area contributed by atoms with Gasteiger partial charge in [-0.05, 0) is 68.7 Å². The third-order valence-electron chi connectivity index (χ3n) is 6.61. The molecule has 3 fully saturated rings. The van der Waals surface area contributed by atoms with Crippen LogP contribution in [0.1, 0.15) is 59.5 Å². The van der Waals surface area contributed by atoms with Crippen molar-refractivity contribution in [1.29, 1.82) is 0 Å². The summed E-state index contributed by atoms with van der Waals surface area (Å²) >= 11 is 0. The van der Waals surface area contributed by atoms with Gasteiger partial charge in [-0.3, -0.25) is 9.20 Å². The molecule has 0 amide bonds. The summed E-state index contributed by atoms with van der Waals surface area (Å²) < 4.78 is 16.5. The second-order valence-electron chi connectivity index (χ2n) is 8.32. The molecule has 0 radical (unpaired) electrons. The molecule has 0 aromatic carbocycles. The molecule has 2 aromatic rings. The van der Waals surface area contributed by atoms with Gasteiger partial charge in [-0.1, -0.05) is 0 Å². The average Bonchev–Trinajstić information content (AvgIpc) is 3.43. The first-order valence-electron chi connectivity index (χ1n) is 10.1. The number of aromatic carboxylic acids is 1. The minimum Gasteiger partial charge on any atom is -0.477 e. The lowest BCUT2D eigenvalue weighted by Crippen LogP contribution is -2.47. The summed E-state index contributed by atoms with van der Waals surface area (Å²) in [6, 6.07) is 2.16. The van der Waals surface area contributed by atoms with Gasteiger partial charge in [0.25, 0.3) is 5.56 Å². The Bertz CT molecular complexity index is 1050. The van der Waals surface area contributed by atoms with Crippen LogP contribution in [0.25, 0.3) is 5.52 Å². The first kappa shape index (κ1) is 20.2. The molecular weight excluding hydrogens is 397 g/mol. The van der Waals surface area contributed by atoms with Crippen LogP contribution in [-0.2, 0) is 0 Å². The molecular formula is C21H25ClFN3O3. The number of fused-ring (bicyclic) bond motifs is 2. The number of piperidine rings is 1. The van der Waals surface area contributed by atoms with E-state index in [1.807, 2.05) is 6.92 Å². The second-order valence-corrected chi connectivity index (χ2v) is 8.32. The number of anilines is 1. The third-order valence-corrected chi connectivity index (χ3v) is 6.61. The van der Waals surface area contributed by atoms with Crippen molar-refractivity contribution in [3.63, 3.8) is 0 Å². The van der Waals surface area contributed by atoms with Crippen LogP contribution >= 0.6 is 12.4 Å². The van der Waals surface area contributed by atoms with Gasteiger partial charge in [0.2, 0.25) is 0 Å². The maximum Gasteiger partial charge on any atom is 0.341 e. The van der Waals surface area contributed by atoms with Crippen molar-refractivity contribution in [2.75, 3.05) is 18.0 Å². The van der Waals surface area contributed by atoms with E-state index in [2.05, 4.69) is 10.2 Å².